The first kappa shape index (κ1) is 17.1. The average Bonchev–Trinajstić information content (AvgIpc) is 2.89. The fraction of sp³-hybridized carbons (Fsp3) is 0.353. The molecule has 1 N–H and O–H groups in total. The van der Waals surface area contributed by atoms with Gasteiger partial charge in [-0.25, -0.2) is 9.78 Å². The van der Waals surface area contributed by atoms with Crippen molar-refractivity contribution in [3.05, 3.63) is 46.0 Å². The molecule has 0 fully saturated rings. The third kappa shape index (κ3) is 4.63. The summed E-state index contributed by atoms with van der Waals surface area (Å²) in [6.45, 7) is 8.24. The molecule has 0 saturated heterocycles. The number of nitrogens with one attached hydrogen (secondary N) is 1. The second kappa shape index (κ2) is 7.87. The number of carbonyl (C=O) groups excluding carboxylic acids is 1. The Kier molecular flexibility index (Phi) is 5.87. The highest BCUT2D eigenvalue weighted by molar-refractivity contribution is 7.17. The number of esters is 1. The molecular weight excluding hydrogens is 310 g/mol. The van der Waals surface area contributed by atoms with Gasteiger partial charge in [-0.05, 0) is 30.9 Å². The quantitative estimate of drug-likeness (QED) is 0.489. The zero-order valence-electron chi connectivity index (χ0n) is 13.8. The Morgan fingerprint density at radius 3 is 2.70 bits per heavy atom. The second-order valence-electron chi connectivity index (χ2n) is 5.35. The lowest BCUT2D eigenvalue weighted by Crippen LogP contribution is -2.03. The van der Waals surface area contributed by atoms with E-state index in [1.54, 1.807) is 20.1 Å². The Morgan fingerprint density at radius 2 is 2.09 bits per heavy atom. The van der Waals surface area contributed by atoms with Crippen molar-refractivity contribution in [3.63, 3.8) is 0 Å². The van der Waals surface area contributed by atoms with Crippen LogP contribution < -0.4 is 5.43 Å². The summed E-state index contributed by atoms with van der Waals surface area (Å²) in [5.41, 5.74) is 5.80. The van der Waals surface area contributed by atoms with Crippen LogP contribution in [0.2, 0.25) is 0 Å². The molecular formula is C17H21N3O2S. The number of rotatable bonds is 6. The minimum absolute atomic E-state index is 0.344. The van der Waals surface area contributed by atoms with Gasteiger partial charge in [0.25, 0.3) is 0 Å². The summed E-state index contributed by atoms with van der Waals surface area (Å²) >= 11 is 1.24. The number of benzene rings is 1. The van der Waals surface area contributed by atoms with Crippen molar-refractivity contribution in [1.82, 2.24) is 4.98 Å². The zero-order valence-corrected chi connectivity index (χ0v) is 14.6. The summed E-state index contributed by atoms with van der Waals surface area (Å²) in [5.74, 6) is 0.169. The molecule has 122 valence electrons. The maximum Gasteiger partial charge on any atom is 0.350 e. The van der Waals surface area contributed by atoms with E-state index in [4.69, 9.17) is 4.74 Å². The van der Waals surface area contributed by atoms with E-state index >= 15 is 0 Å². The molecule has 1 aromatic carbocycles. The Bertz CT molecular complexity index is 690. The Morgan fingerprint density at radius 1 is 1.39 bits per heavy atom. The minimum atomic E-state index is -0.344. The van der Waals surface area contributed by atoms with Crippen LogP contribution in [0.25, 0.3) is 0 Å². The smallest absolute Gasteiger partial charge is 0.350 e. The monoisotopic (exact) mass is 331 g/mol. The highest BCUT2D eigenvalue weighted by Gasteiger charge is 2.15. The normalized spacial score (nSPS) is 11.2. The summed E-state index contributed by atoms with van der Waals surface area (Å²) in [6, 6.07) is 8.24. The molecule has 0 aliphatic carbocycles. The van der Waals surface area contributed by atoms with Crippen molar-refractivity contribution >= 4 is 28.7 Å². The number of carbonyl (C=O) groups is 1. The van der Waals surface area contributed by atoms with Crippen molar-refractivity contribution < 1.29 is 9.53 Å². The number of hydrazone groups is 1. The van der Waals surface area contributed by atoms with Gasteiger partial charge in [-0.2, -0.15) is 5.10 Å². The molecule has 0 unspecified atom stereocenters. The second-order valence-corrected chi connectivity index (χ2v) is 6.34. The first-order valence-electron chi connectivity index (χ1n) is 7.54. The summed E-state index contributed by atoms with van der Waals surface area (Å²) in [4.78, 5) is 16.5. The van der Waals surface area contributed by atoms with Crippen LogP contribution in [0.1, 0.15) is 53.2 Å². The third-order valence-electron chi connectivity index (χ3n) is 3.23. The topological polar surface area (TPSA) is 63.6 Å². The average molecular weight is 331 g/mol. The predicted octanol–water partition coefficient (Wildman–Crippen LogP) is 4.20. The lowest BCUT2D eigenvalue weighted by Gasteiger charge is -2.04. The van der Waals surface area contributed by atoms with Crippen LogP contribution in [0.4, 0.5) is 5.13 Å². The Labute approximate surface area is 140 Å². The first-order valence-corrected chi connectivity index (χ1v) is 8.36. The van der Waals surface area contributed by atoms with Crippen molar-refractivity contribution in [1.29, 1.82) is 0 Å². The molecule has 0 spiro atoms. The molecule has 2 rings (SSSR count). The summed E-state index contributed by atoms with van der Waals surface area (Å²) in [5, 5.41) is 4.74. The number of thiazole rings is 1. The Balaban J connectivity index is 2.00. The summed E-state index contributed by atoms with van der Waals surface area (Å²) < 4.78 is 4.99. The van der Waals surface area contributed by atoms with Gasteiger partial charge >= 0.3 is 5.97 Å². The molecule has 0 atom stereocenters. The van der Waals surface area contributed by atoms with E-state index in [9.17, 15) is 4.79 Å². The first-order chi connectivity index (χ1) is 11.0. The number of ether oxygens (including phenoxy) is 1. The molecule has 1 heterocycles. The minimum Gasteiger partial charge on any atom is -0.462 e. The molecule has 0 radical (unpaired) electrons. The number of hydrogen-bond donors (Lipinski definition) is 1. The lowest BCUT2D eigenvalue weighted by molar-refractivity contribution is 0.0531. The highest BCUT2D eigenvalue weighted by Crippen LogP contribution is 2.23. The molecule has 2 aromatic rings. The van der Waals surface area contributed by atoms with Crippen LogP contribution in [-0.2, 0) is 4.74 Å². The molecule has 6 heteroatoms. The van der Waals surface area contributed by atoms with Crippen LogP contribution in [0, 0.1) is 6.92 Å². The summed E-state index contributed by atoms with van der Waals surface area (Å²) in [6.07, 6.45) is 1.73. The predicted molar refractivity (Wildman–Crippen MR) is 94.6 cm³/mol. The van der Waals surface area contributed by atoms with Crippen molar-refractivity contribution in [2.75, 3.05) is 12.0 Å². The maximum absolute atomic E-state index is 11.7. The van der Waals surface area contributed by atoms with Gasteiger partial charge in [0, 0.05) is 0 Å². The van der Waals surface area contributed by atoms with E-state index in [-0.39, 0.29) is 5.97 Å². The van der Waals surface area contributed by atoms with E-state index in [2.05, 4.69) is 41.5 Å². The largest absolute Gasteiger partial charge is 0.462 e. The van der Waals surface area contributed by atoms with Gasteiger partial charge in [0.15, 0.2) is 0 Å². The van der Waals surface area contributed by atoms with Crippen molar-refractivity contribution in [2.24, 2.45) is 5.10 Å². The molecule has 0 saturated carbocycles. The molecule has 0 bridgehead atoms. The SMILES string of the molecule is CCOC(=O)c1sc(N/N=C/c2ccc(C(C)C)cc2)nc1C. The third-order valence-corrected chi connectivity index (χ3v) is 4.28. The number of aryl methyl sites for hydroxylation is 1. The molecule has 0 aliphatic rings. The fourth-order valence-electron chi connectivity index (χ4n) is 1.96. The van der Waals surface area contributed by atoms with Gasteiger partial charge in [0.1, 0.15) is 4.88 Å². The van der Waals surface area contributed by atoms with Crippen LogP contribution in [0.3, 0.4) is 0 Å². The zero-order chi connectivity index (χ0) is 16.8. The summed E-state index contributed by atoms with van der Waals surface area (Å²) in [7, 11) is 0. The van der Waals surface area contributed by atoms with Crippen molar-refractivity contribution in [2.45, 2.75) is 33.6 Å². The van der Waals surface area contributed by atoms with Gasteiger partial charge in [0.05, 0.1) is 18.5 Å². The standard InChI is InChI=1S/C17H21N3O2S/c1-5-22-16(21)15-12(4)19-17(23-15)20-18-10-13-6-8-14(9-7-13)11(2)3/h6-11H,5H2,1-4H3,(H,19,20)/b18-10+. The number of nitrogens with zero attached hydrogens (tertiary/aromatic N) is 2. The van der Waals surface area contributed by atoms with Crippen LogP contribution in [0.5, 0.6) is 0 Å². The van der Waals surface area contributed by atoms with Gasteiger partial charge in [-0.1, -0.05) is 49.4 Å². The molecule has 23 heavy (non-hydrogen) atoms. The van der Waals surface area contributed by atoms with E-state index in [1.807, 2.05) is 12.1 Å². The molecule has 0 amide bonds. The van der Waals surface area contributed by atoms with E-state index < -0.39 is 0 Å². The number of aromatic nitrogens is 1. The number of anilines is 1. The lowest BCUT2D eigenvalue weighted by atomic mass is 10.0. The molecule has 0 aliphatic heterocycles. The fourth-order valence-corrected chi connectivity index (χ4v) is 2.77. The van der Waals surface area contributed by atoms with Gasteiger partial charge in [0.2, 0.25) is 5.13 Å². The molecule has 1 aromatic heterocycles. The Hall–Kier alpha value is -2.21. The van der Waals surface area contributed by atoms with E-state index in [0.717, 1.165) is 5.56 Å². The van der Waals surface area contributed by atoms with Crippen LogP contribution in [0.15, 0.2) is 29.4 Å². The van der Waals surface area contributed by atoms with E-state index in [0.29, 0.717) is 28.2 Å². The highest BCUT2D eigenvalue weighted by atomic mass is 32.1. The van der Waals surface area contributed by atoms with Crippen LogP contribution in [-0.4, -0.2) is 23.8 Å². The maximum atomic E-state index is 11.7. The van der Waals surface area contributed by atoms with Crippen molar-refractivity contribution in [3.8, 4) is 0 Å². The van der Waals surface area contributed by atoms with Gasteiger partial charge in [-0.15, -0.1) is 0 Å². The molecule has 5 nitrogen and oxygen atoms in total. The van der Waals surface area contributed by atoms with Crippen LogP contribution >= 0.6 is 11.3 Å². The van der Waals surface area contributed by atoms with Gasteiger partial charge in [-0.3, -0.25) is 5.43 Å². The van der Waals surface area contributed by atoms with Gasteiger partial charge < -0.3 is 4.74 Å². The van der Waals surface area contributed by atoms with E-state index in [1.165, 1.54) is 16.9 Å². The number of hydrogen-bond acceptors (Lipinski definition) is 6.